The summed E-state index contributed by atoms with van der Waals surface area (Å²) in [6.45, 7) is 9.59. The lowest BCUT2D eigenvalue weighted by Crippen LogP contribution is -2.32. The predicted octanol–water partition coefficient (Wildman–Crippen LogP) is 2.75. The fraction of sp³-hybridized carbons (Fsp3) is 0.526. The van der Waals surface area contributed by atoms with Crippen molar-refractivity contribution in [3.63, 3.8) is 0 Å². The number of likely N-dealkylation sites (N-methyl/N-ethyl adjacent to an activating group) is 1. The van der Waals surface area contributed by atoms with E-state index in [1.807, 2.05) is 18.2 Å². The van der Waals surface area contributed by atoms with E-state index in [4.69, 9.17) is 0 Å². The first-order valence-electron chi connectivity index (χ1n) is 9.68. The second kappa shape index (κ2) is 7.59. The summed E-state index contributed by atoms with van der Waals surface area (Å²) in [5, 5.41) is 9.59. The van der Waals surface area contributed by atoms with Crippen LogP contribution in [-0.2, 0) is 6.54 Å². The van der Waals surface area contributed by atoms with Crippen LogP contribution in [0.4, 0.5) is 5.95 Å². The number of fused-ring (bicyclic) bond motifs is 3. The smallest absolute Gasteiger partial charge is 0.262 e. The van der Waals surface area contributed by atoms with Gasteiger partial charge in [0, 0.05) is 30.7 Å². The lowest BCUT2D eigenvalue weighted by molar-refractivity contribution is 0.290. The van der Waals surface area contributed by atoms with Crippen molar-refractivity contribution in [1.29, 1.82) is 0 Å². The van der Waals surface area contributed by atoms with Crippen LogP contribution in [0.5, 0.6) is 0 Å². The average Bonchev–Trinajstić information content (AvgIpc) is 3.34. The van der Waals surface area contributed by atoms with Crippen molar-refractivity contribution < 1.29 is 0 Å². The molecule has 2 aromatic heterocycles. The maximum Gasteiger partial charge on any atom is 0.262 e. The Bertz CT molecular complexity index is 1020. The van der Waals surface area contributed by atoms with Gasteiger partial charge in [-0.2, -0.15) is 0 Å². The molecule has 3 aromatic rings. The van der Waals surface area contributed by atoms with Gasteiger partial charge in [-0.3, -0.25) is 9.36 Å². The largest absolute Gasteiger partial charge is 0.341 e. The van der Waals surface area contributed by atoms with Crippen LogP contribution in [-0.4, -0.2) is 56.8 Å². The molecule has 0 radical (unpaired) electrons. The molecule has 0 bridgehead atoms. The predicted molar refractivity (Wildman–Crippen MR) is 112 cm³/mol. The van der Waals surface area contributed by atoms with E-state index in [1.165, 1.54) is 12.8 Å². The zero-order valence-corrected chi connectivity index (χ0v) is 17.4. The zero-order chi connectivity index (χ0) is 19.0. The van der Waals surface area contributed by atoms with Crippen molar-refractivity contribution in [3.05, 3.63) is 33.0 Å². The highest BCUT2D eigenvalue weighted by molar-refractivity contribution is 9.10. The van der Waals surface area contributed by atoms with Gasteiger partial charge in [-0.05, 0) is 44.1 Å². The lowest BCUT2D eigenvalue weighted by atomic mass is 10.2. The summed E-state index contributed by atoms with van der Waals surface area (Å²) in [4.78, 5) is 17.8. The minimum Gasteiger partial charge on any atom is -0.341 e. The first-order valence-corrected chi connectivity index (χ1v) is 10.5. The van der Waals surface area contributed by atoms with E-state index in [1.54, 1.807) is 4.57 Å². The van der Waals surface area contributed by atoms with Crippen molar-refractivity contribution in [2.75, 3.05) is 37.6 Å². The lowest BCUT2D eigenvalue weighted by Gasteiger charge is -2.20. The molecule has 1 fully saturated rings. The van der Waals surface area contributed by atoms with Crippen molar-refractivity contribution in [2.45, 2.75) is 33.2 Å². The molecule has 0 atom stereocenters. The summed E-state index contributed by atoms with van der Waals surface area (Å²) in [5.74, 6) is 1.47. The minimum atomic E-state index is -0.00803. The molecule has 0 N–H and O–H groups in total. The van der Waals surface area contributed by atoms with Crippen LogP contribution in [0.1, 0.15) is 26.7 Å². The van der Waals surface area contributed by atoms with Crippen molar-refractivity contribution in [1.82, 2.24) is 24.1 Å². The molecule has 1 saturated heterocycles. The Kier molecular flexibility index (Phi) is 5.19. The highest BCUT2D eigenvalue weighted by Gasteiger charge is 2.22. The standard InChI is InChI=1S/C19H25BrN6O/c1-3-23(4-2)11-12-25-17(27)15-13-14(20)7-8-16(15)26-18(21-22-19(25)26)24-9-5-6-10-24/h7-8,13H,3-6,9-12H2,1-2H3. The molecule has 1 aliphatic rings. The summed E-state index contributed by atoms with van der Waals surface area (Å²) in [7, 11) is 0. The number of halogens is 1. The second-order valence-electron chi connectivity index (χ2n) is 6.97. The third kappa shape index (κ3) is 3.25. The quantitative estimate of drug-likeness (QED) is 0.599. The van der Waals surface area contributed by atoms with Crippen molar-refractivity contribution in [2.24, 2.45) is 0 Å². The van der Waals surface area contributed by atoms with Gasteiger partial charge in [0.05, 0.1) is 10.9 Å². The van der Waals surface area contributed by atoms with Crippen LogP contribution in [0.25, 0.3) is 16.7 Å². The van der Waals surface area contributed by atoms with E-state index in [9.17, 15) is 4.79 Å². The van der Waals surface area contributed by atoms with E-state index in [0.29, 0.717) is 17.7 Å². The molecular formula is C19H25BrN6O. The van der Waals surface area contributed by atoms with Gasteiger partial charge in [0.15, 0.2) is 0 Å². The Morgan fingerprint density at radius 2 is 1.89 bits per heavy atom. The molecule has 3 heterocycles. The van der Waals surface area contributed by atoms with Crippen LogP contribution < -0.4 is 10.5 Å². The SMILES string of the molecule is CCN(CC)CCn1c(=O)c2cc(Br)ccc2n2c(N3CCCC3)nnc12. The van der Waals surface area contributed by atoms with Gasteiger partial charge in [-0.1, -0.05) is 29.8 Å². The monoisotopic (exact) mass is 432 g/mol. The molecule has 8 heteroatoms. The number of aromatic nitrogens is 4. The van der Waals surface area contributed by atoms with E-state index >= 15 is 0 Å². The van der Waals surface area contributed by atoms with E-state index in [-0.39, 0.29) is 5.56 Å². The van der Waals surface area contributed by atoms with Crippen LogP contribution in [0.2, 0.25) is 0 Å². The molecular weight excluding hydrogens is 408 g/mol. The molecule has 4 rings (SSSR count). The first kappa shape index (κ1) is 18.4. The summed E-state index contributed by atoms with van der Waals surface area (Å²) in [6.07, 6.45) is 2.33. The molecule has 0 unspecified atom stereocenters. The van der Waals surface area contributed by atoms with Crippen LogP contribution in [0.15, 0.2) is 27.5 Å². The van der Waals surface area contributed by atoms with Gasteiger partial charge in [0.25, 0.3) is 5.56 Å². The molecule has 0 amide bonds. The van der Waals surface area contributed by atoms with Crippen LogP contribution in [0, 0.1) is 0 Å². The number of benzene rings is 1. The topological polar surface area (TPSA) is 58.7 Å². The minimum absolute atomic E-state index is 0.00803. The number of anilines is 1. The van der Waals surface area contributed by atoms with E-state index < -0.39 is 0 Å². The number of rotatable bonds is 6. The van der Waals surface area contributed by atoms with Gasteiger partial charge in [-0.25, -0.2) is 4.40 Å². The third-order valence-corrected chi connectivity index (χ3v) is 5.96. The molecule has 0 saturated carbocycles. The van der Waals surface area contributed by atoms with Crippen molar-refractivity contribution in [3.8, 4) is 0 Å². The Balaban J connectivity index is 1.92. The molecule has 0 spiro atoms. The molecule has 7 nitrogen and oxygen atoms in total. The molecule has 1 aromatic carbocycles. The zero-order valence-electron chi connectivity index (χ0n) is 15.9. The highest BCUT2D eigenvalue weighted by Crippen LogP contribution is 2.24. The molecule has 27 heavy (non-hydrogen) atoms. The summed E-state index contributed by atoms with van der Waals surface area (Å²) in [6, 6.07) is 5.85. The fourth-order valence-electron chi connectivity index (χ4n) is 3.87. The van der Waals surface area contributed by atoms with Gasteiger partial charge < -0.3 is 9.80 Å². The third-order valence-electron chi connectivity index (χ3n) is 5.47. The first-order chi connectivity index (χ1) is 13.1. The highest BCUT2D eigenvalue weighted by atomic mass is 79.9. The molecule has 144 valence electrons. The van der Waals surface area contributed by atoms with E-state index in [2.05, 4.69) is 54.2 Å². The Hall–Kier alpha value is -1.93. The molecule has 0 aliphatic carbocycles. The molecule has 1 aliphatic heterocycles. The fourth-order valence-corrected chi connectivity index (χ4v) is 4.23. The second-order valence-corrected chi connectivity index (χ2v) is 7.89. The van der Waals surface area contributed by atoms with Gasteiger partial charge in [-0.15, -0.1) is 10.2 Å². The number of nitrogens with zero attached hydrogens (tertiary/aromatic N) is 6. The number of hydrogen-bond acceptors (Lipinski definition) is 5. The van der Waals surface area contributed by atoms with Crippen molar-refractivity contribution >= 4 is 38.6 Å². The normalized spacial score (nSPS) is 14.9. The van der Waals surface area contributed by atoms with Gasteiger partial charge in [0.2, 0.25) is 11.7 Å². The Morgan fingerprint density at radius 3 is 2.59 bits per heavy atom. The van der Waals surface area contributed by atoms with Gasteiger partial charge >= 0.3 is 0 Å². The van der Waals surface area contributed by atoms with Crippen LogP contribution in [0.3, 0.4) is 0 Å². The van der Waals surface area contributed by atoms with Crippen LogP contribution >= 0.6 is 15.9 Å². The average molecular weight is 433 g/mol. The summed E-state index contributed by atoms with van der Waals surface area (Å²) < 4.78 is 4.73. The number of hydrogen-bond donors (Lipinski definition) is 0. The maximum absolute atomic E-state index is 13.2. The Labute approximate surface area is 166 Å². The summed E-state index contributed by atoms with van der Waals surface area (Å²) in [5.41, 5.74) is 0.857. The van der Waals surface area contributed by atoms with E-state index in [0.717, 1.165) is 48.7 Å². The summed E-state index contributed by atoms with van der Waals surface area (Å²) >= 11 is 3.51. The Morgan fingerprint density at radius 1 is 1.15 bits per heavy atom. The van der Waals surface area contributed by atoms with Gasteiger partial charge in [0.1, 0.15) is 0 Å². The maximum atomic E-state index is 13.2.